The van der Waals surface area contributed by atoms with Gasteiger partial charge in [-0.25, -0.2) is 9.97 Å². The molecule has 0 aliphatic carbocycles. The smallest absolute Gasteiger partial charge is 0.131 e. The van der Waals surface area contributed by atoms with Crippen LogP contribution in [0.3, 0.4) is 0 Å². The molecule has 2 aromatic rings. The summed E-state index contributed by atoms with van der Waals surface area (Å²) in [5.41, 5.74) is 0.760. The SMILES string of the molecule is CC(C)C1OCCCC1Nc1cc(NCc2cc(O)cc(O)c2)ncn1. The van der Waals surface area contributed by atoms with Crippen molar-refractivity contribution in [2.24, 2.45) is 5.92 Å². The van der Waals surface area contributed by atoms with Gasteiger partial charge in [-0.05, 0) is 36.5 Å². The number of aromatic nitrogens is 2. The third-order valence-electron chi connectivity index (χ3n) is 4.46. The first kappa shape index (κ1) is 18.3. The molecule has 4 N–H and O–H groups in total. The van der Waals surface area contributed by atoms with Crippen molar-refractivity contribution >= 4 is 11.6 Å². The summed E-state index contributed by atoms with van der Waals surface area (Å²) in [6.45, 7) is 5.58. The van der Waals surface area contributed by atoms with Crippen molar-refractivity contribution in [1.82, 2.24) is 9.97 Å². The molecule has 2 unspecified atom stereocenters. The van der Waals surface area contributed by atoms with E-state index in [4.69, 9.17) is 4.74 Å². The van der Waals surface area contributed by atoms with Gasteiger partial charge in [-0.3, -0.25) is 0 Å². The Bertz CT molecular complexity index is 718. The van der Waals surface area contributed by atoms with Crippen LogP contribution in [0.15, 0.2) is 30.6 Å². The van der Waals surface area contributed by atoms with Gasteiger partial charge in [-0.2, -0.15) is 0 Å². The van der Waals surface area contributed by atoms with E-state index >= 15 is 0 Å². The molecule has 0 radical (unpaired) electrons. The molecule has 0 amide bonds. The zero-order chi connectivity index (χ0) is 18.5. The van der Waals surface area contributed by atoms with Crippen molar-refractivity contribution in [3.63, 3.8) is 0 Å². The van der Waals surface area contributed by atoms with Crippen LogP contribution in [-0.2, 0) is 11.3 Å². The number of nitrogens with zero attached hydrogens (tertiary/aromatic N) is 2. The Morgan fingerprint density at radius 3 is 2.58 bits per heavy atom. The van der Waals surface area contributed by atoms with Gasteiger partial charge in [0.25, 0.3) is 0 Å². The highest BCUT2D eigenvalue weighted by molar-refractivity contribution is 5.48. The summed E-state index contributed by atoms with van der Waals surface area (Å²) in [4.78, 5) is 8.54. The third-order valence-corrected chi connectivity index (χ3v) is 4.46. The van der Waals surface area contributed by atoms with Gasteiger partial charge in [0.2, 0.25) is 0 Å². The summed E-state index contributed by atoms with van der Waals surface area (Å²) in [5, 5.41) is 25.8. The fraction of sp³-hybridized carbons (Fsp3) is 0.474. The van der Waals surface area contributed by atoms with E-state index in [2.05, 4.69) is 34.4 Å². The van der Waals surface area contributed by atoms with Crippen molar-refractivity contribution in [1.29, 1.82) is 0 Å². The summed E-state index contributed by atoms with van der Waals surface area (Å²) in [6, 6.07) is 6.58. The fourth-order valence-corrected chi connectivity index (χ4v) is 3.29. The van der Waals surface area contributed by atoms with Crippen LogP contribution in [0.1, 0.15) is 32.3 Å². The number of hydrogen-bond acceptors (Lipinski definition) is 7. The van der Waals surface area contributed by atoms with Gasteiger partial charge in [-0.15, -0.1) is 0 Å². The third kappa shape index (κ3) is 4.76. The number of phenolic OH excluding ortho intramolecular Hbond substituents is 2. The lowest BCUT2D eigenvalue weighted by atomic mass is 9.94. The zero-order valence-corrected chi connectivity index (χ0v) is 15.1. The summed E-state index contributed by atoms with van der Waals surface area (Å²) in [6.07, 6.45) is 3.78. The van der Waals surface area contributed by atoms with Gasteiger partial charge >= 0.3 is 0 Å². The van der Waals surface area contributed by atoms with Crippen LogP contribution in [0.2, 0.25) is 0 Å². The topological polar surface area (TPSA) is 99.5 Å². The Labute approximate surface area is 153 Å². The van der Waals surface area contributed by atoms with E-state index in [0.717, 1.165) is 30.8 Å². The van der Waals surface area contributed by atoms with Gasteiger partial charge in [-0.1, -0.05) is 13.8 Å². The van der Waals surface area contributed by atoms with Gasteiger partial charge in [0.15, 0.2) is 0 Å². The first-order chi connectivity index (χ1) is 12.5. The minimum atomic E-state index is 0.0314. The van der Waals surface area contributed by atoms with Crippen molar-refractivity contribution in [2.75, 3.05) is 17.2 Å². The van der Waals surface area contributed by atoms with Crippen molar-refractivity contribution in [3.8, 4) is 11.5 Å². The van der Waals surface area contributed by atoms with Crippen molar-refractivity contribution in [2.45, 2.75) is 45.4 Å². The lowest BCUT2D eigenvalue weighted by molar-refractivity contribution is -0.0203. The molecule has 1 aliphatic heterocycles. The molecule has 26 heavy (non-hydrogen) atoms. The van der Waals surface area contributed by atoms with E-state index in [1.54, 1.807) is 12.1 Å². The monoisotopic (exact) mass is 358 g/mol. The second kappa shape index (κ2) is 8.23. The molecule has 2 heterocycles. The van der Waals surface area contributed by atoms with Crippen molar-refractivity contribution < 1.29 is 14.9 Å². The maximum Gasteiger partial charge on any atom is 0.131 e. The molecule has 1 aromatic carbocycles. The summed E-state index contributed by atoms with van der Waals surface area (Å²) < 4.78 is 5.91. The molecule has 0 bridgehead atoms. The molecule has 1 aliphatic rings. The Hall–Kier alpha value is -2.54. The molecular weight excluding hydrogens is 332 g/mol. The first-order valence-corrected chi connectivity index (χ1v) is 8.97. The average Bonchev–Trinajstić information content (AvgIpc) is 2.60. The van der Waals surface area contributed by atoms with Crippen LogP contribution >= 0.6 is 0 Å². The van der Waals surface area contributed by atoms with Crippen LogP contribution in [0.4, 0.5) is 11.6 Å². The number of rotatable bonds is 6. The van der Waals surface area contributed by atoms with E-state index in [0.29, 0.717) is 18.3 Å². The first-order valence-electron chi connectivity index (χ1n) is 8.97. The summed E-state index contributed by atoms with van der Waals surface area (Å²) >= 11 is 0. The Balaban J connectivity index is 1.64. The fourth-order valence-electron chi connectivity index (χ4n) is 3.29. The number of anilines is 2. The molecular formula is C19H26N4O3. The minimum absolute atomic E-state index is 0.0314. The van der Waals surface area contributed by atoms with E-state index in [-0.39, 0.29) is 23.6 Å². The number of ether oxygens (including phenoxy) is 1. The molecule has 140 valence electrons. The van der Waals surface area contributed by atoms with Crippen LogP contribution < -0.4 is 10.6 Å². The van der Waals surface area contributed by atoms with Crippen LogP contribution in [-0.4, -0.2) is 38.9 Å². The van der Waals surface area contributed by atoms with Crippen LogP contribution in [0.5, 0.6) is 11.5 Å². The highest BCUT2D eigenvalue weighted by atomic mass is 16.5. The average molecular weight is 358 g/mol. The largest absolute Gasteiger partial charge is 0.508 e. The number of hydrogen-bond donors (Lipinski definition) is 4. The Morgan fingerprint density at radius 2 is 1.85 bits per heavy atom. The molecule has 0 saturated carbocycles. The van der Waals surface area contributed by atoms with E-state index in [9.17, 15) is 10.2 Å². The summed E-state index contributed by atoms with van der Waals surface area (Å²) in [7, 11) is 0. The highest BCUT2D eigenvalue weighted by Crippen LogP contribution is 2.24. The molecule has 7 nitrogen and oxygen atoms in total. The number of aromatic hydroxyl groups is 2. The molecule has 3 rings (SSSR count). The molecule has 1 saturated heterocycles. The normalized spacial score (nSPS) is 20.1. The standard InChI is InChI=1S/C19H26N4O3/c1-12(2)19-16(4-3-5-26-19)23-18-9-17(21-11-22-18)20-10-13-6-14(24)8-15(25)7-13/h6-9,11-12,16,19,24-25H,3-5,10H2,1-2H3,(H2,20,21,22,23). The lowest BCUT2D eigenvalue weighted by Crippen LogP contribution is -2.43. The second-order valence-corrected chi connectivity index (χ2v) is 6.97. The van der Waals surface area contributed by atoms with E-state index in [1.807, 2.05) is 6.07 Å². The van der Waals surface area contributed by atoms with Gasteiger partial charge in [0, 0.05) is 25.3 Å². The highest BCUT2D eigenvalue weighted by Gasteiger charge is 2.28. The Morgan fingerprint density at radius 1 is 1.12 bits per heavy atom. The molecule has 1 aromatic heterocycles. The maximum atomic E-state index is 9.55. The lowest BCUT2D eigenvalue weighted by Gasteiger charge is -2.35. The molecule has 7 heteroatoms. The quantitative estimate of drug-likeness (QED) is 0.629. The zero-order valence-electron chi connectivity index (χ0n) is 15.1. The predicted molar refractivity (Wildman–Crippen MR) is 100 cm³/mol. The van der Waals surface area contributed by atoms with Gasteiger partial charge in [0.1, 0.15) is 29.5 Å². The minimum Gasteiger partial charge on any atom is -0.508 e. The van der Waals surface area contributed by atoms with Gasteiger partial charge < -0.3 is 25.6 Å². The van der Waals surface area contributed by atoms with Crippen LogP contribution in [0, 0.1) is 5.92 Å². The maximum absolute atomic E-state index is 9.55. The Kier molecular flexibility index (Phi) is 5.78. The molecule has 0 spiro atoms. The number of benzene rings is 1. The predicted octanol–water partition coefficient (Wildman–Crippen LogP) is 3.12. The number of nitrogens with one attached hydrogen (secondary N) is 2. The number of phenols is 2. The summed E-state index contributed by atoms with van der Waals surface area (Å²) in [5.74, 6) is 1.92. The van der Waals surface area contributed by atoms with Gasteiger partial charge in [0.05, 0.1) is 12.1 Å². The van der Waals surface area contributed by atoms with Crippen LogP contribution in [0.25, 0.3) is 0 Å². The molecule has 2 atom stereocenters. The second-order valence-electron chi connectivity index (χ2n) is 6.97. The van der Waals surface area contributed by atoms with E-state index < -0.39 is 0 Å². The van der Waals surface area contributed by atoms with Crippen molar-refractivity contribution in [3.05, 3.63) is 36.2 Å². The van der Waals surface area contributed by atoms with E-state index in [1.165, 1.54) is 12.4 Å². The molecule has 1 fully saturated rings.